The summed E-state index contributed by atoms with van der Waals surface area (Å²) < 4.78 is 0. The van der Waals surface area contributed by atoms with E-state index in [1.165, 1.54) is 70.6 Å². The first-order valence-electron chi connectivity index (χ1n) is 14.0. The van der Waals surface area contributed by atoms with Gasteiger partial charge in [-0.1, -0.05) is 47.0 Å². The van der Waals surface area contributed by atoms with Gasteiger partial charge in [-0.3, -0.25) is 0 Å². The van der Waals surface area contributed by atoms with Crippen LogP contribution < -0.4 is 0 Å². The third-order valence-electron chi connectivity index (χ3n) is 10.7. The maximum Gasteiger partial charge on any atom is 0.0591 e. The molecule has 31 heavy (non-hydrogen) atoms. The van der Waals surface area contributed by atoms with Crippen LogP contribution in [0.2, 0.25) is 0 Å². The molecule has 0 bridgehead atoms. The molecule has 0 heterocycles. The number of aliphatic hydroxyl groups excluding tert-OH is 1. The molecular formula is C29H54O2. The highest BCUT2D eigenvalue weighted by Crippen LogP contribution is 2.66. The average molecular weight is 435 g/mol. The average Bonchev–Trinajstić information content (AvgIpc) is 2.72. The van der Waals surface area contributed by atoms with Crippen LogP contribution in [0.4, 0.5) is 0 Å². The van der Waals surface area contributed by atoms with E-state index in [9.17, 15) is 10.2 Å². The highest BCUT2D eigenvalue weighted by atomic mass is 16.3. The molecule has 2 N–H and O–H groups in total. The van der Waals surface area contributed by atoms with Crippen molar-refractivity contribution in [3.05, 3.63) is 0 Å². The summed E-state index contributed by atoms with van der Waals surface area (Å²) in [6.07, 6.45) is 18.2. The van der Waals surface area contributed by atoms with Crippen LogP contribution in [0.3, 0.4) is 0 Å². The lowest BCUT2D eigenvalue weighted by atomic mass is 9.41. The summed E-state index contributed by atoms with van der Waals surface area (Å²) in [4.78, 5) is 0. The number of hydrogen-bond donors (Lipinski definition) is 2. The number of aliphatic hydroxyl groups is 2. The molecule has 0 amide bonds. The molecule has 182 valence electrons. The molecule has 4 saturated carbocycles. The second-order valence-electron chi connectivity index (χ2n) is 12.8. The van der Waals surface area contributed by atoms with E-state index in [0.717, 1.165) is 48.9 Å². The summed E-state index contributed by atoms with van der Waals surface area (Å²) in [5.41, 5.74) is 0.563. The normalized spacial score (nSPS) is 44.9. The summed E-state index contributed by atoms with van der Waals surface area (Å²) in [5.74, 6) is 4.49. The van der Waals surface area contributed by atoms with Gasteiger partial charge in [0.15, 0.2) is 0 Å². The van der Waals surface area contributed by atoms with Gasteiger partial charge in [0.05, 0.1) is 11.7 Å². The molecule has 4 fully saturated rings. The van der Waals surface area contributed by atoms with Crippen LogP contribution in [0.5, 0.6) is 0 Å². The first kappa shape index (κ1) is 25.5. The van der Waals surface area contributed by atoms with E-state index in [4.69, 9.17) is 0 Å². The summed E-state index contributed by atoms with van der Waals surface area (Å²) in [7, 11) is 0. The Labute approximate surface area is 194 Å². The minimum atomic E-state index is -0.501. The van der Waals surface area contributed by atoms with E-state index in [0.29, 0.717) is 10.8 Å². The molecule has 0 radical (unpaired) electrons. The number of hydrogen-bond acceptors (Lipinski definition) is 2. The van der Waals surface area contributed by atoms with Crippen molar-refractivity contribution < 1.29 is 10.2 Å². The van der Waals surface area contributed by atoms with Gasteiger partial charge >= 0.3 is 0 Å². The molecule has 0 aromatic rings. The minimum Gasteiger partial charge on any atom is -0.393 e. The minimum absolute atomic E-state index is 0.0264. The van der Waals surface area contributed by atoms with Gasteiger partial charge in [0.25, 0.3) is 0 Å². The zero-order chi connectivity index (χ0) is 22.9. The van der Waals surface area contributed by atoms with Crippen molar-refractivity contribution in [1.29, 1.82) is 0 Å². The number of fused-ring (bicyclic) bond motifs is 5. The van der Waals surface area contributed by atoms with Crippen LogP contribution in [0, 0.1) is 40.4 Å². The molecule has 0 spiro atoms. The quantitative estimate of drug-likeness (QED) is 0.434. The lowest BCUT2D eigenvalue weighted by Crippen LogP contribution is -2.56. The van der Waals surface area contributed by atoms with Gasteiger partial charge in [-0.25, -0.2) is 0 Å². The third-order valence-corrected chi connectivity index (χ3v) is 10.7. The van der Waals surface area contributed by atoms with Gasteiger partial charge in [0.1, 0.15) is 0 Å². The van der Waals surface area contributed by atoms with Gasteiger partial charge < -0.3 is 10.2 Å². The van der Waals surface area contributed by atoms with Crippen molar-refractivity contribution in [3.8, 4) is 0 Å². The highest BCUT2D eigenvalue weighted by Gasteiger charge is 2.58. The fraction of sp³-hybridized carbons (Fsp3) is 1.00. The van der Waals surface area contributed by atoms with Crippen LogP contribution in [0.1, 0.15) is 131 Å². The van der Waals surface area contributed by atoms with Crippen molar-refractivity contribution in [2.75, 3.05) is 0 Å². The standard InChI is InChI=1S/C27H48O2.C2H6/c1-25(2,29)15-6-5-8-19-9-7-10-23-22-12-11-20-18-21(28)13-16-27(20,4)24(22)14-17-26(19,23)3;1-2/h19-24,28-29H,5-18H2,1-4H3;1-2H3. The SMILES string of the molecule is CC.CC(C)(O)CCCCC1CCCC2C3CCC4CC(O)CCC4(C)C3CCC12C. The summed E-state index contributed by atoms with van der Waals surface area (Å²) >= 11 is 0. The smallest absolute Gasteiger partial charge is 0.0591 e. The number of unbranched alkanes of at least 4 members (excludes halogenated alkanes) is 1. The van der Waals surface area contributed by atoms with Crippen LogP contribution in [0.15, 0.2) is 0 Å². The molecule has 8 atom stereocenters. The summed E-state index contributed by atoms with van der Waals surface area (Å²) in [6.45, 7) is 13.2. The fourth-order valence-electron chi connectivity index (χ4n) is 8.97. The highest BCUT2D eigenvalue weighted by molar-refractivity contribution is 5.08. The van der Waals surface area contributed by atoms with Gasteiger partial charge in [-0.15, -0.1) is 0 Å². The van der Waals surface area contributed by atoms with Gasteiger partial charge in [-0.2, -0.15) is 0 Å². The zero-order valence-corrected chi connectivity index (χ0v) is 21.8. The molecule has 0 aliphatic heterocycles. The molecule has 0 aromatic heterocycles. The van der Waals surface area contributed by atoms with E-state index in [1.54, 1.807) is 0 Å². The largest absolute Gasteiger partial charge is 0.393 e. The first-order valence-corrected chi connectivity index (χ1v) is 14.0. The molecule has 8 unspecified atom stereocenters. The first-order chi connectivity index (χ1) is 14.6. The van der Waals surface area contributed by atoms with Crippen LogP contribution >= 0.6 is 0 Å². The fourth-order valence-corrected chi connectivity index (χ4v) is 8.97. The van der Waals surface area contributed by atoms with Crippen molar-refractivity contribution in [2.24, 2.45) is 40.4 Å². The molecule has 4 aliphatic carbocycles. The molecule has 4 rings (SSSR count). The van der Waals surface area contributed by atoms with E-state index < -0.39 is 5.60 Å². The molecule has 2 heteroatoms. The van der Waals surface area contributed by atoms with Crippen LogP contribution in [-0.4, -0.2) is 21.9 Å². The predicted octanol–water partition coefficient (Wildman–Crippen LogP) is 7.75. The predicted molar refractivity (Wildman–Crippen MR) is 132 cm³/mol. The lowest BCUT2D eigenvalue weighted by Gasteiger charge is -2.64. The molecule has 4 aliphatic rings. The Morgan fingerprint density at radius 3 is 2.23 bits per heavy atom. The Hall–Kier alpha value is -0.0800. The van der Waals surface area contributed by atoms with Gasteiger partial charge in [0.2, 0.25) is 0 Å². The van der Waals surface area contributed by atoms with Crippen molar-refractivity contribution in [3.63, 3.8) is 0 Å². The van der Waals surface area contributed by atoms with Crippen LogP contribution in [-0.2, 0) is 0 Å². The zero-order valence-electron chi connectivity index (χ0n) is 21.8. The molecule has 0 saturated heterocycles. The lowest BCUT2D eigenvalue weighted by molar-refractivity contribution is -0.151. The Morgan fingerprint density at radius 1 is 0.839 bits per heavy atom. The second-order valence-corrected chi connectivity index (χ2v) is 12.8. The van der Waals surface area contributed by atoms with Crippen LogP contribution in [0.25, 0.3) is 0 Å². The van der Waals surface area contributed by atoms with Crippen molar-refractivity contribution >= 4 is 0 Å². The maximum atomic E-state index is 10.3. The topological polar surface area (TPSA) is 40.5 Å². The van der Waals surface area contributed by atoms with Gasteiger partial charge in [0, 0.05) is 0 Å². The van der Waals surface area contributed by atoms with Crippen molar-refractivity contribution in [1.82, 2.24) is 0 Å². The Morgan fingerprint density at radius 2 is 1.52 bits per heavy atom. The summed E-state index contributed by atoms with van der Waals surface area (Å²) in [5, 5.41) is 20.3. The monoisotopic (exact) mass is 434 g/mol. The summed E-state index contributed by atoms with van der Waals surface area (Å²) in [6, 6.07) is 0. The Bertz CT molecular complexity index is 566. The molecule has 2 nitrogen and oxygen atoms in total. The van der Waals surface area contributed by atoms with E-state index >= 15 is 0 Å². The molecular weight excluding hydrogens is 380 g/mol. The third kappa shape index (κ3) is 5.21. The van der Waals surface area contributed by atoms with Gasteiger partial charge in [-0.05, 0) is 125 Å². The second kappa shape index (κ2) is 10.0. The van der Waals surface area contributed by atoms with E-state index in [2.05, 4.69) is 13.8 Å². The van der Waals surface area contributed by atoms with Crippen molar-refractivity contribution in [2.45, 2.75) is 143 Å². The maximum absolute atomic E-state index is 10.3. The van der Waals surface area contributed by atoms with E-state index in [-0.39, 0.29) is 6.10 Å². The number of rotatable bonds is 5. The van der Waals surface area contributed by atoms with E-state index in [1.807, 2.05) is 27.7 Å². The Balaban J connectivity index is 0.00000132. The Kier molecular flexibility index (Phi) is 8.27. The molecule has 0 aromatic carbocycles.